The number of nitrogens with zero attached hydrogens (tertiary/aromatic N) is 4. The maximum atomic E-state index is 5.33. The van der Waals surface area contributed by atoms with Crippen LogP contribution in [0.5, 0.6) is 5.75 Å². The average Bonchev–Trinajstić information content (AvgIpc) is 3.27. The number of likely N-dealkylation sites (tertiary alicyclic amines) is 1. The van der Waals surface area contributed by atoms with Crippen molar-refractivity contribution < 1.29 is 4.74 Å². The Morgan fingerprint density at radius 3 is 2.96 bits per heavy atom. The topological polar surface area (TPSA) is 57.3 Å². The van der Waals surface area contributed by atoms with E-state index in [-0.39, 0.29) is 0 Å². The number of fused-ring (bicyclic) bond motifs is 1. The van der Waals surface area contributed by atoms with Gasteiger partial charge < -0.3 is 14.6 Å². The summed E-state index contributed by atoms with van der Waals surface area (Å²) in [6, 6.07) is 8.68. The van der Waals surface area contributed by atoms with Crippen molar-refractivity contribution in [2.45, 2.75) is 25.4 Å². The molecule has 0 aliphatic carbocycles. The van der Waals surface area contributed by atoms with E-state index in [4.69, 9.17) is 9.72 Å². The van der Waals surface area contributed by atoms with Crippen molar-refractivity contribution in [2.75, 3.05) is 32.6 Å². The van der Waals surface area contributed by atoms with Crippen molar-refractivity contribution in [3.05, 3.63) is 48.0 Å². The summed E-state index contributed by atoms with van der Waals surface area (Å²) in [6.45, 7) is 1.97. The molecule has 0 bridgehead atoms. The third-order valence-corrected chi connectivity index (χ3v) is 5.06. The number of anilines is 1. The largest absolute Gasteiger partial charge is 0.497 e. The zero-order valence-electron chi connectivity index (χ0n) is 15.6. The number of aromatic amines is 1. The Hall–Kier alpha value is -2.60. The average molecular weight is 351 g/mol. The number of nitrogens with one attached hydrogen (secondary N) is 1. The molecule has 1 aliphatic heterocycles. The quantitative estimate of drug-likeness (QED) is 0.764. The van der Waals surface area contributed by atoms with E-state index in [0.29, 0.717) is 6.04 Å². The third kappa shape index (κ3) is 3.24. The van der Waals surface area contributed by atoms with E-state index >= 15 is 0 Å². The van der Waals surface area contributed by atoms with E-state index in [1.807, 2.05) is 37.5 Å². The summed E-state index contributed by atoms with van der Waals surface area (Å²) in [5.74, 6) is 1.80. The number of aromatic nitrogens is 3. The molecule has 1 aliphatic rings. The van der Waals surface area contributed by atoms with Crippen LogP contribution in [0.25, 0.3) is 10.9 Å². The summed E-state index contributed by atoms with van der Waals surface area (Å²) < 4.78 is 5.33. The molecule has 6 heteroatoms. The highest BCUT2D eigenvalue weighted by Crippen LogP contribution is 2.33. The molecule has 26 heavy (non-hydrogen) atoms. The first-order valence-electron chi connectivity index (χ1n) is 9.03. The second-order valence-corrected chi connectivity index (χ2v) is 7.07. The normalized spacial score (nSPS) is 17.7. The molecular formula is C20H25N5O. The van der Waals surface area contributed by atoms with E-state index in [1.54, 1.807) is 7.11 Å². The van der Waals surface area contributed by atoms with Crippen LogP contribution >= 0.6 is 0 Å². The number of hydrogen-bond donors (Lipinski definition) is 1. The molecule has 136 valence electrons. The Labute approximate surface area is 153 Å². The molecule has 1 aromatic carbocycles. The minimum atomic E-state index is 0.323. The van der Waals surface area contributed by atoms with Gasteiger partial charge in [-0.3, -0.25) is 9.88 Å². The Bertz CT molecular complexity index is 904. The number of ether oxygens (including phenoxy) is 1. The fourth-order valence-corrected chi connectivity index (χ4v) is 3.70. The minimum Gasteiger partial charge on any atom is -0.497 e. The lowest BCUT2D eigenvalue weighted by atomic mass is 10.1. The van der Waals surface area contributed by atoms with Crippen molar-refractivity contribution >= 4 is 16.7 Å². The van der Waals surface area contributed by atoms with Gasteiger partial charge in [0.1, 0.15) is 11.6 Å². The predicted molar refractivity (Wildman–Crippen MR) is 104 cm³/mol. The fraction of sp³-hybridized carbons (Fsp3) is 0.400. The lowest BCUT2D eigenvalue weighted by Gasteiger charge is -2.24. The van der Waals surface area contributed by atoms with Crippen LogP contribution in [0.4, 0.5) is 5.82 Å². The van der Waals surface area contributed by atoms with Gasteiger partial charge in [0.15, 0.2) is 0 Å². The lowest BCUT2D eigenvalue weighted by Crippen LogP contribution is -2.24. The molecule has 1 atom stereocenters. The van der Waals surface area contributed by atoms with Crippen LogP contribution in [0.15, 0.2) is 36.7 Å². The highest BCUT2D eigenvalue weighted by molar-refractivity contribution is 5.81. The second kappa shape index (κ2) is 6.96. The van der Waals surface area contributed by atoms with Gasteiger partial charge in [0.2, 0.25) is 0 Å². The monoisotopic (exact) mass is 351 g/mol. The van der Waals surface area contributed by atoms with Gasteiger partial charge in [-0.1, -0.05) is 0 Å². The van der Waals surface area contributed by atoms with Crippen LogP contribution in [0.1, 0.15) is 30.3 Å². The molecule has 0 unspecified atom stereocenters. The summed E-state index contributed by atoms with van der Waals surface area (Å²) in [4.78, 5) is 17.2. The maximum absolute atomic E-state index is 5.33. The van der Waals surface area contributed by atoms with Crippen molar-refractivity contribution in [1.82, 2.24) is 19.9 Å². The number of benzene rings is 1. The first-order chi connectivity index (χ1) is 12.6. The second-order valence-electron chi connectivity index (χ2n) is 7.07. The van der Waals surface area contributed by atoms with E-state index in [0.717, 1.165) is 42.3 Å². The van der Waals surface area contributed by atoms with Crippen LogP contribution in [0.3, 0.4) is 0 Å². The Kier molecular flexibility index (Phi) is 4.51. The predicted octanol–water partition coefficient (Wildman–Crippen LogP) is 3.37. The number of methoxy groups -OCH3 is 1. The smallest absolute Gasteiger partial charge is 0.146 e. The van der Waals surface area contributed by atoms with Gasteiger partial charge in [-0.25, -0.2) is 4.98 Å². The molecule has 0 saturated carbocycles. The molecule has 4 rings (SSSR count). The molecule has 0 spiro atoms. The van der Waals surface area contributed by atoms with Crippen molar-refractivity contribution in [3.63, 3.8) is 0 Å². The molecule has 2 aromatic heterocycles. The summed E-state index contributed by atoms with van der Waals surface area (Å²) in [6.07, 6.45) is 6.03. The number of hydrogen-bond acceptors (Lipinski definition) is 5. The lowest BCUT2D eigenvalue weighted by molar-refractivity contribution is 0.242. The maximum Gasteiger partial charge on any atom is 0.146 e. The molecule has 1 N–H and O–H groups in total. The van der Waals surface area contributed by atoms with Gasteiger partial charge >= 0.3 is 0 Å². The first-order valence-corrected chi connectivity index (χ1v) is 9.03. The van der Waals surface area contributed by atoms with Gasteiger partial charge in [0.25, 0.3) is 0 Å². The van der Waals surface area contributed by atoms with Crippen molar-refractivity contribution in [2.24, 2.45) is 0 Å². The third-order valence-electron chi connectivity index (χ3n) is 5.06. The van der Waals surface area contributed by atoms with E-state index in [9.17, 15) is 0 Å². The zero-order chi connectivity index (χ0) is 18.1. The van der Waals surface area contributed by atoms with Crippen LogP contribution in [0.2, 0.25) is 0 Å². The van der Waals surface area contributed by atoms with Crippen LogP contribution < -0.4 is 9.64 Å². The summed E-state index contributed by atoms with van der Waals surface area (Å²) in [7, 11) is 5.70. The van der Waals surface area contributed by atoms with Crippen LogP contribution in [-0.2, 0) is 6.54 Å². The Morgan fingerprint density at radius 2 is 2.15 bits per heavy atom. The summed E-state index contributed by atoms with van der Waals surface area (Å²) in [5, 5.41) is 1.18. The highest BCUT2D eigenvalue weighted by Gasteiger charge is 2.28. The van der Waals surface area contributed by atoms with Crippen LogP contribution in [0, 0.1) is 0 Å². The Balaban J connectivity index is 1.56. The molecule has 0 radical (unpaired) electrons. The van der Waals surface area contributed by atoms with Crippen molar-refractivity contribution in [3.8, 4) is 5.75 Å². The minimum absolute atomic E-state index is 0.323. The molecule has 1 saturated heterocycles. The highest BCUT2D eigenvalue weighted by atomic mass is 16.5. The van der Waals surface area contributed by atoms with Gasteiger partial charge in [0, 0.05) is 37.2 Å². The SMILES string of the molecule is COc1ccc2[nH]c(CN3CCC[C@@H]3c3cncc(N(C)C)n3)cc2c1. The number of H-pyrrole nitrogens is 1. The molecule has 6 nitrogen and oxygen atoms in total. The van der Waals surface area contributed by atoms with E-state index in [1.165, 1.54) is 17.5 Å². The van der Waals surface area contributed by atoms with E-state index in [2.05, 4.69) is 33.1 Å². The summed E-state index contributed by atoms with van der Waals surface area (Å²) in [5.41, 5.74) is 3.43. The molecule has 3 aromatic rings. The summed E-state index contributed by atoms with van der Waals surface area (Å²) >= 11 is 0. The zero-order valence-corrected chi connectivity index (χ0v) is 15.6. The molecule has 3 heterocycles. The van der Waals surface area contributed by atoms with Crippen molar-refractivity contribution in [1.29, 1.82) is 0 Å². The first kappa shape index (κ1) is 16.8. The number of rotatable bonds is 5. The van der Waals surface area contributed by atoms with E-state index < -0.39 is 0 Å². The Morgan fingerprint density at radius 1 is 1.27 bits per heavy atom. The standard InChI is InChI=1S/C20H25N5O/c1-24(2)20-12-21-11-18(23-20)19-5-4-8-25(19)13-15-9-14-10-16(26-3)6-7-17(14)22-15/h6-7,9-12,19,22H,4-5,8,13H2,1-3H3/t19-/m1/s1. The van der Waals surface area contributed by atoms with Gasteiger partial charge in [-0.15, -0.1) is 0 Å². The van der Waals surface area contributed by atoms with Gasteiger partial charge in [0.05, 0.1) is 31.2 Å². The van der Waals surface area contributed by atoms with Crippen LogP contribution in [-0.4, -0.2) is 47.6 Å². The molecule has 1 fully saturated rings. The molecular weight excluding hydrogens is 326 g/mol. The molecule has 0 amide bonds. The fourth-order valence-electron chi connectivity index (χ4n) is 3.70. The van der Waals surface area contributed by atoms with Gasteiger partial charge in [-0.2, -0.15) is 0 Å². The van der Waals surface area contributed by atoms with Gasteiger partial charge in [-0.05, 0) is 43.7 Å².